The van der Waals surface area contributed by atoms with Gasteiger partial charge >= 0.3 is 0 Å². The first-order valence-corrected chi connectivity index (χ1v) is 8.97. The van der Waals surface area contributed by atoms with Gasteiger partial charge in [0.05, 0.1) is 11.0 Å². The van der Waals surface area contributed by atoms with Crippen LogP contribution in [0, 0.1) is 11.3 Å². The van der Waals surface area contributed by atoms with Crippen molar-refractivity contribution in [1.29, 1.82) is 5.26 Å². The van der Waals surface area contributed by atoms with Gasteiger partial charge in [-0.2, -0.15) is 5.26 Å². The number of halogens is 1. The number of nitriles is 1. The zero-order chi connectivity index (χ0) is 16.2. The topological polar surface area (TPSA) is 61.2 Å². The van der Waals surface area contributed by atoms with E-state index in [1.165, 1.54) is 12.1 Å². The van der Waals surface area contributed by atoms with Crippen molar-refractivity contribution in [2.45, 2.75) is 24.4 Å². The number of anilines is 1. The molecule has 0 fully saturated rings. The van der Waals surface area contributed by atoms with Gasteiger partial charge in [-0.1, -0.05) is 30.3 Å². The summed E-state index contributed by atoms with van der Waals surface area (Å²) in [7, 11) is 1.62. The lowest BCUT2D eigenvalue weighted by atomic mass is 10.1. The predicted octanol–water partition coefficient (Wildman–Crippen LogP) is 3.53. The Morgan fingerprint density at radius 1 is 1.18 bits per heavy atom. The lowest BCUT2D eigenvalue weighted by molar-refractivity contribution is 0.609. The predicted molar refractivity (Wildman–Crippen MR) is 87.2 cm³/mol. The van der Waals surface area contributed by atoms with Crippen LogP contribution in [-0.2, 0) is 15.6 Å². The maximum atomic E-state index is 11.4. The average Bonchev–Trinajstić information content (AvgIpc) is 2.52. The minimum atomic E-state index is -3.76. The molecule has 2 aromatic carbocycles. The van der Waals surface area contributed by atoms with Crippen LogP contribution in [0.3, 0.4) is 0 Å². The fraction of sp³-hybridized carbons (Fsp3) is 0.188. The summed E-state index contributed by atoms with van der Waals surface area (Å²) in [6, 6.07) is 17.8. The van der Waals surface area contributed by atoms with E-state index in [1.807, 2.05) is 41.3 Å². The Labute approximate surface area is 135 Å². The highest BCUT2D eigenvalue weighted by molar-refractivity contribution is 8.13. The highest BCUT2D eigenvalue weighted by Gasteiger charge is 2.16. The fourth-order valence-corrected chi connectivity index (χ4v) is 2.95. The maximum absolute atomic E-state index is 11.4. The van der Waals surface area contributed by atoms with E-state index in [0.717, 1.165) is 11.3 Å². The van der Waals surface area contributed by atoms with Gasteiger partial charge in [0.25, 0.3) is 9.05 Å². The van der Waals surface area contributed by atoms with Crippen LogP contribution < -0.4 is 4.90 Å². The summed E-state index contributed by atoms with van der Waals surface area (Å²) in [5.41, 5.74) is 1.67. The number of para-hydroxylation sites is 1. The highest BCUT2D eigenvalue weighted by Crippen LogP contribution is 2.22. The van der Waals surface area contributed by atoms with Crippen LogP contribution in [0.4, 0.5) is 5.69 Å². The van der Waals surface area contributed by atoms with E-state index in [0.29, 0.717) is 6.54 Å². The van der Waals surface area contributed by atoms with Crippen molar-refractivity contribution in [2.24, 2.45) is 0 Å². The van der Waals surface area contributed by atoms with Gasteiger partial charge < -0.3 is 4.90 Å². The quantitative estimate of drug-likeness (QED) is 0.785. The smallest absolute Gasteiger partial charge is 0.261 e. The summed E-state index contributed by atoms with van der Waals surface area (Å²) in [4.78, 5) is 1.96. The molecular formula is C16H15ClN2O2S. The van der Waals surface area contributed by atoms with Crippen LogP contribution in [0.2, 0.25) is 0 Å². The first-order valence-electron chi connectivity index (χ1n) is 6.67. The molecule has 0 saturated heterocycles. The van der Waals surface area contributed by atoms with E-state index in [9.17, 15) is 13.7 Å². The van der Waals surface area contributed by atoms with E-state index in [2.05, 4.69) is 6.07 Å². The van der Waals surface area contributed by atoms with Crippen molar-refractivity contribution in [3.63, 3.8) is 0 Å². The standard InChI is InChI=1S/C16H15ClN2O2S/c1-13(11-18)19(15-7-3-2-4-8-15)12-14-6-5-9-16(10-14)22(17,20)21/h2-10,13H,12H2,1H3. The summed E-state index contributed by atoms with van der Waals surface area (Å²) >= 11 is 0. The summed E-state index contributed by atoms with van der Waals surface area (Å²) in [6.45, 7) is 2.22. The Morgan fingerprint density at radius 3 is 2.45 bits per heavy atom. The third-order valence-electron chi connectivity index (χ3n) is 3.28. The van der Waals surface area contributed by atoms with Gasteiger partial charge in [0.15, 0.2) is 0 Å². The van der Waals surface area contributed by atoms with Crippen molar-refractivity contribution in [2.75, 3.05) is 4.90 Å². The Balaban J connectivity index is 2.35. The molecule has 1 unspecified atom stereocenters. The molecule has 2 rings (SSSR count). The molecule has 2 aromatic rings. The van der Waals surface area contributed by atoms with Gasteiger partial charge in [0, 0.05) is 22.9 Å². The number of rotatable bonds is 5. The second kappa shape index (κ2) is 6.82. The molecule has 22 heavy (non-hydrogen) atoms. The van der Waals surface area contributed by atoms with Crippen molar-refractivity contribution in [1.82, 2.24) is 0 Å². The number of hydrogen-bond donors (Lipinski definition) is 0. The molecule has 4 nitrogen and oxygen atoms in total. The first-order chi connectivity index (χ1) is 10.4. The third-order valence-corrected chi connectivity index (χ3v) is 4.63. The Bertz CT molecular complexity index is 785. The van der Waals surface area contributed by atoms with Gasteiger partial charge in [-0.05, 0) is 36.8 Å². The Hall–Kier alpha value is -2.03. The van der Waals surface area contributed by atoms with Crippen molar-refractivity contribution >= 4 is 25.4 Å². The second-order valence-corrected chi connectivity index (χ2v) is 7.42. The minimum Gasteiger partial charge on any atom is -0.351 e. The highest BCUT2D eigenvalue weighted by atomic mass is 35.7. The van der Waals surface area contributed by atoms with Gasteiger partial charge in [0.2, 0.25) is 0 Å². The van der Waals surface area contributed by atoms with Crippen LogP contribution in [0.15, 0.2) is 59.5 Å². The molecule has 0 aliphatic rings. The molecule has 0 aromatic heterocycles. The molecule has 0 aliphatic carbocycles. The summed E-state index contributed by atoms with van der Waals surface area (Å²) in [6.07, 6.45) is 0. The maximum Gasteiger partial charge on any atom is 0.261 e. The van der Waals surface area contributed by atoms with Gasteiger partial charge in [-0.3, -0.25) is 0 Å². The largest absolute Gasteiger partial charge is 0.351 e. The molecule has 6 heteroatoms. The molecule has 0 amide bonds. The van der Waals surface area contributed by atoms with Crippen LogP contribution in [0.1, 0.15) is 12.5 Å². The lowest BCUT2D eigenvalue weighted by Gasteiger charge is -2.27. The third kappa shape index (κ3) is 4.00. The van der Waals surface area contributed by atoms with Crippen molar-refractivity contribution in [3.8, 4) is 6.07 Å². The second-order valence-electron chi connectivity index (χ2n) is 4.85. The number of hydrogen-bond acceptors (Lipinski definition) is 4. The van der Waals surface area contributed by atoms with Gasteiger partial charge in [-0.25, -0.2) is 8.42 Å². The monoisotopic (exact) mass is 334 g/mol. The molecule has 0 spiro atoms. The molecule has 0 N–H and O–H groups in total. The molecule has 0 saturated carbocycles. The minimum absolute atomic E-state index is 0.0595. The molecule has 0 radical (unpaired) electrons. The van der Waals surface area contributed by atoms with E-state index in [1.54, 1.807) is 13.0 Å². The van der Waals surface area contributed by atoms with Gasteiger partial charge in [0.1, 0.15) is 6.04 Å². The van der Waals surface area contributed by atoms with Crippen LogP contribution in [0.5, 0.6) is 0 Å². The lowest BCUT2D eigenvalue weighted by Crippen LogP contribution is -2.31. The van der Waals surface area contributed by atoms with Crippen molar-refractivity contribution in [3.05, 3.63) is 60.2 Å². The molecule has 1 atom stereocenters. The Kier molecular flexibility index (Phi) is 5.07. The van der Waals surface area contributed by atoms with Crippen LogP contribution in [0.25, 0.3) is 0 Å². The first kappa shape index (κ1) is 16.3. The zero-order valence-electron chi connectivity index (χ0n) is 12.0. The average molecular weight is 335 g/mol. The molecule has 0 heterocycles. The molecule has 0 bridgehead atoms. The van der Waals surface area contributed by atoms with E-state index >= 15 is 0 Å². The van der Waals surface area contributed by atoms with E-state index < -0.39 is 9.05 Å². The van der Waals surface area contributed by atoms with Crippen molar-refractivity contribution < 1.29 is 8.42 Å². The molecule has 114 valence electrons. The summed E-state index contributed by atoms with van der Waals surface area (Å²) in [5.74, 6) is 0. The zero-order valence-corrected chi connectivity index (χ0v) is 13.6. The van der Waals surface area contributed by atoms with E-state index in [4.69, 9.17) is 10.7 Å². The van der Waals surface area contributed by atoms with E-state index in [-0.39, 0.29) is 10.9 Å². The summed E-state index contributed by atoms with van der Waals surface area (Å²) in [5, 5.41) is 9.22. The normalized spacial score (nSPS) is 12.4. The summed E-state index contributed by atoms with van der Waals surface area (Å²) < 4.78 is 22.9. The number of benzene rings is 2. The SMILES string of the molecule is CC(C#N)N(Cc1cccc(S(=O)(=O)Cl)c1)c1ccccc1. The molecular weight excluding hydrogens is 320 g/mol. The Morgan fingerprint density at radius 2 is 1.86 bits per heavy atom. The fourth-order valence-electron chi connectivity index (χ4n) is 2.13. The van der Waals surface area contributed by atoms with Crippen LogP contribution >= 0.6 is 10.7 Å². The number of nitrogens with zero attached hydrogens (tertiary/aromatic N) is 2. The van der Waals surface area contributed by atoms with Gasteiger partial charge in [-0.15, -0.1) is 0 Å². The van der Waals surface area contributed by atoms with Crippen LogP contribution in [-0.4, -0.2) is 14.5 Å². The molecule has 0 aliphatic heterocycles.